The number of likely N-dealkylation sites (tertiary alicyclic amines) is 2. The molecule has 5 heteroatoms. The van der Waals surface area contributed by atoms with E-state index in [1.165, 1.54) is 45.3 Å². The predicted molar refractivity (Wildman–Crippen MR) is 81.0 cm³/mol. The van der Waals surface area contributed by atoms with Crippen LogP contribution in [-0.4, -0.2) is 54.5 Å². The molecule has 2 saturated heterocycles. The van der Waals surface area contributed by atoms with Gasteiger partial charge in [-0.3, -0.25) is 15.1 Å². The Morgan fingerprint density at radius 2 is 1.90 bits per heavy atom. The number of carbonyl (C=O) groups is 1. The molecular formula is C15H30N4O. The number of hydrogen-bond acceptors (Lipinski definition) is 4. The van der Waals surface area contributed by atoms with Crippen LogP contribution in [0.25, 0.3) is 0 Å². The van der Waals surface area contributed by atoms with Crippen LogP contribution in [0.1, 0.15) is 45.4 Å². The fraction of sp³-hybridized carbons (Fsp3) is 0.933. The van der Waals surface area contributed by atoms with Crippen molar-refractivity contribution < 1.29 is 4.79 Å². The van der Waals surface area contributed by atoms with Crippen molar-refractivity contribution in [1.29, 1.82) is 0 Å². The molecule has 2 fully saturated rings. The first-order valence-corrected chi connectivity index (χ1v) is 8.21. The molecule has 3 N–H and O–H groups in total. The maximum Gasteiger partial charge on any atom is 0.251 e. The van der Waals surface area contributed by atoms with Crippen molar-refractivity contribution >= 4 is 5.91 Å². The Morgan fingerprint density at radius 3 is 2.45 bits per heavy atom. The molecule has 116 valence electrons. The van der Waals surface area contributed by atoms with Gasteiger partial charge in [-0.05, 0) is 64.2 Å². The van der Waals surface area contributed by atoms with Gasteiger partial charge in [0.1, 0.15) is 0 Å². The van der Waals surface area contributed by atoms with Crippen LogP contribution in [0, 0.1) is 5.92 Å². The van der Waals surface area contributed by atoms with E-state index < -0.39 is 0 Å². The normalized spacial score (nSPS) is 23.9. The number of hydrazine groups is 1. The van der Waals surface area contributed by atoms with Crippen molar-refractivity contribution in [3.63, 3.8) is 0 Å². The van der Waals surface area contributed by atoms with Gasteiger partial charge in [0.15, 0.2) is 0 Å². The van der Waals surface area contributed by atoms with Crippen molar-refractivity contribution in [2.45, 2.75) is 51.5 Å². The van der Waals surface area contributed by atoms with Crippen molar-refractivity contribution in [2.75, 3.05) is 32.7 Å². The highest BCUT2D eigenvalue weighted by Gasteiger charge is 2.29. The van der Waals surface area contributed by atoms with Gasteiger partial charge < -0.3 is 4.90 Å². The van der Waals surface area contributed by atoms with Crippen LogP contribution in [0.4, 0.5) is 0 Å². The molecule has 20 heavy (non-hydrogen) atoms. The lowest BCUT2D eigenvalue weighted by atomic mass is 9.94. The standard InChI is InChI=1S/C15H30N4O/c1-2-5-14(15(20)17-16)19-10-6-13(7-11-19)12-18-8-3-4-9-18/h13-14H,2-12,16H2,1H3,(H,17,20). The van der Waals surface area contributed by atoms with E-state index in [1.807, 2.05) is 0 Å². The van der Waals surface area contributed by atoms with E-state index in [2.05, 4.69) is 22.1 Å². The third-order valence-corrected chi connectivity index (χ3v) is 4.81. The molecule has 0 aliphatic carbocycles. The first-order valence-electron chi connectivity index (χ1n) is 8.21. The highest BCUT2D eigenvalue weighted by Crippen LogP contribution is 2.23. The zero-order chi connectivity index (χ0) is 14.4. The summed E-state index contributed by atoms with van der Waals surface area (Å²) >= 11 is 0. The molecule has 0 aromatic rings. The molecule has 2 aliphatic heterocycles. The minimum atomic E-state index is -0.0299. The van der Waals surface area contributed by atoms with Gasteiger partial charge in [-0.25, -0.2) is 5.84 Å². The maximum absolute atomic E-state index is 11.9. The molecule has 0 aromatic carbocycles. The summed E-state index contributed by atoms with van der Waals surface area (Å²) in [5.41, 5.74) is 2.33. The van der Waals surface area contributed by atoms with Crippen molar-refractivity contribution in [1.82, 2.24) is 15.2 Å². The van der Waals surface area contributed by atoms with Crippen LogP contribution < -0.4 is 11.3 Å². The molecule has 5 nitrogen and oxygen atoms in total. The zero-order valence-electron chi connectivity index (χ0n) is 12.8. The molecule has 0 radical (unpaired) electrons. The first-order chi connectivity index (χ1) is 9.74. The molecule has 0 bridgehead atoms. The average Bonchev–Trinajstić information content (AvgIpc) is 2.98. The van der Waals surface area contributed by atoms with Crippen LogP contribution in [-0.2, 0) is 4.79 Å². The number of piperidine rings is 1. The predicted octanol–water partition coefficient (Wildman–Crippen LogP) is 0.953. The summed E-state index contributed by atoms with van der Waals surface area (Å²) in [5.74, 6) is 6.10. The Morgan fingerprint density at radius 1 is 1.25 bits per heavy atom. The molecule has 1 atom stereocenters. The number of amides is 1. The molecule has 1 unspecified atom stereocenters. The second-order valence-electron chi connectivity index (χ2n) is 6.30. The number of hydrogen-bond donors (Lipinski definition) is 2. The third kappa shape index (κ3) is 4.17. The van der Waals surface area contributed by atoms with Crippen LogP contribution in [0.3, 0.4) is 0 Å². The van der Waals surface area contributed by atoms with E-state index in [-0.39, 0.29) is 11.9 Å². The van der Waals surface area contributed by atoms with Crippen LogP contribution >= 0.6 is 0 Å². The summed E-state index contributed by atoms with van der Waals surface area (Å²) in [6.07, 6.45) is 7.09. The van der Waals surface area contributed by atoms with E-state index in [1.54, 1.807) is 0 Å². The lowest BCUT2D eigenvalue weighted by molar-refractivity contribution is -0.127. The topological polar surface area (TPSA) is 61.6 Å². The summed E-state index contributed by atoms with van der Waals surface area (Å²) in [6.45, 7) is 8.03. The van der Waals surface area contributed by atoms with Gasteiger partial charge in [-0.2, -0.15) is 0 Å². The monoisotopic (exact) mass is 282 g/mol. The molecule has 2 rings (SSSR count). The van der Waals surface area contributed by atoms with Gasteiger partial charge in [-0.1, -0.05) is 13.3 Å². The summed E-state index contributed by atoms with van der Waals surface area (Å²) in [6, 6.07) is -0.0299. The lowest BCUT2D eigenvalue weighted by Gasteiger charge is -2.37. The fourth-order valence-corrected chi connectivity index (χ4v) is 3.63. The van der Waals surface area contributed by atoms with E-state index >= 15 is 0 Å². The fourth-order valence-electron chi connectivity index (χ4n) is 3.63. The highest BCUT2D eigenvalue weighted by molar-refractivity contribution is 5.81. The largest absolute Gasteiger partial charge is 0.303 e. The molecule has 2 heterocycles. The molecule has 0 aromatic heterocycles. The van der Waals surface area contributed by atoms with Crippen molar-refractivity contribution in [3.8, 4) is 0 Å². The summed E-state index contributed by atoms with van der Waals surface area (Å²) in [7, 11) is 0. The first kappa shape index (κ1) is 15.7. The summed E-state index contributed by atoms with van der Waals surface area (Å²) < 4.78 is 0. The SMILES string of the molecule is CCCC(C(=O)NN)N1CCC(CN2CCCC2)CC1. The van der Waals surface area contributed by atoms with E-state index in [0.717, 1.165) is 31.8 Å². The number of nitrogens with zero attached hydrogens (tertiary/aromatic N) is 2. The highest BCUT2D eigenvalue weighted by atomic mass is 16.2. The Bertz CT molecular complexity index is 296. The Kier molecular flexibility index (Phi) is 6.26. The minimum absolute atomic E-state index is 0.0233. The van der Waals surface area contributed by atoms with Gasteiger partial charge >= 0.3 is 0 Å². The summed E-state index contributed by atoms with van der Waals surface area (Å²) in [4.78, 5) is 16.8. The number of carbonyl (C=O) groups excluding carboxylic acids is 1. The van der Waals surface area contributed by atoms with Gasteiger partial charge in [-0.15, -0.1) is 0 Å². The third-order valence-electron chi connectivity index (χ3n) is 4.81. The van der Waals surface area contributed by atoms with E-state index in [9.17, 15) is 4.79 Å². The number of rotatable bonds is 6. The zero-order valence-corrected chi connectivity index (χ0v) is 12.8. The second kappa shape index (κ2) is 7.96. The lowest BCUT2D eigenvalue weighted by Crippen LogP contribution is -2.52. The quantitative estimate of drug-likeness (QED) is 0.433. The summed E-state index contributed by atoms with van der Waals surface area (Å²) in [5, 5.41) is 0. The Balaban J connectivity index is 1.77. The molecule has 2 aliphatic rings. The smallest absolute Gasteiger partial charge is 0.251 e. The Hall–Kier alpha value is -0.650. The average molecular weight is 282 g/mol. The molecule has 0 saturated carbocycles. The second-order valence-corrected chi connectivity index (χ2v) is 6.30. The van der Waals surface area contributed by atoms with E-state index in [0.29, 0.717) is 0 Å². The van der Waals surface area contributed by atoms with Gasteiger partial charge in [0.2, 0.25) is 0 Å². The van der Waals surface area contributed by atoms with Gasteiger partial charge in [0.25, 0.3) is 5.91 Å². The molecular weight excluding hydrogens is 252 g/mol. The van der Waals surface area contributed by atoms with Gasteiger partial charge in [0.05, 0.1) is 6.04 Å². The van der Waals surface area contributed by atoms with Crippen molar-refractivity contribution in [3.05, 3.63) is 0 Å². The van der Waals surface area contributed by atoms with Crippen molar-refractivity contribution in [2.24, 2.45) is 11.8 Å². The van der Waals surface area contributed by atoms with Gasteiger partial charge in [0, 0.05) is 6.54 Å². The van der Waals surface area contributed by atoms with E-state index in [4.69, 9.17) is 5.84 Å². The molecule has 1 amide bonds. The minimum Gasteiger partial charge on any atom is -0.303 e. The Labute approximate surface area is 122 Å². The number of nitrogens with two attached hydrogens (primary N) is 1. The van der Waals surface area contributed by atoms with Crippen LogP contribution in [0.5, 0.6) is 0 Å². The number of nitrogens with one attached hydrogen (secondary N) is 1. The van der Waals surface area contributed by atoms with Crippen LogP contribution in [0.15, 0.2) is 0 Å². The molecule has 0 spiro atoms. The van der Waals surface area contributed by atoms with Crippen LogP contribution in [0.2, 0.25) is 0 Å². The maximum atomic E-state index is 11.9.